The third-order valence-corrected chi connectivity index (χ3v) is 3.87. The number of nitro groups is 1. The van der Waals surface area contributed by atoms with Gasteiger partial charge in [-0.05, 0) is 18.1 Å². The maximum absolute atomic E-state index is 12.4. The van der Waals surface area contributed by atoms with E-state index in [1.807, 2.05) is 13.8 Å². The number of nitro benzene ring substituents is 1. The van der Waals surface area contributed by atoms with E-state index in [0.717, 1.165) is 0 Å². The van der Waals surface area contributed by atoms with Gasteiger partial charge in [0.05, 0.1) is 12.0 Å². The molecule has 0 saturated carbocycles. The number of hydrogen-bond donors (Lipinski definition) is 1. The second kappa shape index (κ2) is 8.28. The Morgan fingerprint density at radius 2 is 2.00 bits per heavy atom. The highest BCUT2D eigenvalue weighted by molar-refractivity contribution is 5.98. The molecule has 1 rings (SSSR count). The van der Waals surface area contributed by atoms with Crippen LogP contribution in [-0.2, 0) is 9.53 Å². The van der Waals surface area contributed by atoms with Crippen molar-refractivity contribution in [3.63, 3.8) is 0 Å². The zero-order valence-electron chi connectivity index (χ0n) is 14.5. The summed E-state index contributed by atoms with van der Waals surface area (Å²) < 4.78 is 4.72. The van der Waals surface area contributed by atoms with Gasteiger partial charge in [0, 0.05) is 25.7 Å². The minimum absolute atomic E-state index is 0.115. The van der Waals surface area contributed by atoms with Crippen LogP contribution < -0.4 is 10.2 Å². The minimum Gasteiger partial charge on any atom is -0.467 e. The fourth-order valence-electron chi connectivity index (χ4n) is 2.21. The topological polar surface area (TPSA) is 102 Å². The van der Waals surface area contributed by atoms with Crippen LogP contribution >= 0.6 is 0 Å². The number of benzene rings is 1. The van der Waals surface area contributed by atoms with Crippen LogP contribution in [0, 0.1) is 16.0 Å². The van der Waals surface area contributed by atoms with Crippen molar-refractivity contribution in [1.29, 1.82) is 0 Å². The zero-order valence-corrected chi connectivity index (χ0v) is 14.5. The number of hydrogen-bond acceptors (Lipinski definition) is 6. The van der Waals surface area contributed by atoms with E-state index in [4.69, 9.17) is 4.74 Å². The predicted octanol–water partition coefficient (Wildman–Crippen LogP) is 1.98. The first-order valence-corrected chi connectivity index (χ1v) is 7.57. The molecule has 0 aromatic heterocycles. The molecule has 0 unspecified atom stereocenters. The second-order valence-electron chi connectivity index (χ2n) is 5.71. The lowest BCUT2D eigenvalue weighted by molar-refractivity contribution is -0.384. The molecule has 0 heterocycles. The maximum atomic E-state index is 12.4. The van der Waals surface area contributed by atoms with Gasteiger partial charge in [-0.25, -0.2) is 4.79 Å². The van der Waals surface area contributed by atoms with Gasteiger partial charge >= 0.3 is 5.97 Å². The van der Waals surface area contributed by atoms with Gasteiger partial charge in [0.1, 0.15) is 11.7 Å². The Morgan fingerprint density at radius 1 is 1.38 bits per heavy atom. The molecule has 1 amide bonds. The number of carbonyl (C=O) groups excluding carboxylic acids is 2. The van der Waals surface area contributed by atoms with Crippen LogP contribution in [0.2, 0.25) is 0 Å². The van der Waals surface area contributed by atoms with E-state index in [0.29, 0.717) is 12.1 Å². The molecule has 2 atom stereocenters. The number of carbonyl (C=O) groups is 2. The van der Waals surface area contributed by atoms with E-state index in [1.165, 1.54) is 25.3 Å². The number of esters is 1. The van der Waals surface area contributed by atoms with Gasteiger partial charge in [-0.3, -0.25) is 14.9 Å². The number of amides is 1. The number of nitrogens with zero attached hydrogens (tertiary/aromatic N) is 2. The summed E-state index contributed by atoms with van der Waals surface area (Å²) in [5.74, 6) is -1.23. The Balaban J connectivity index is 3.12. The summed E-state index contributed by atoms with van der Waals surface area (Å²) >= 11 is 0. The molecule has 0 fully saturated rings. The highest BCUT2D eigenvalue weighted by Gasteiger charge is 2.28. The van der Waals surface area contributed by atoms with Gasteiger partial charge in [0.2, 0.25) is 0 Å². The van der Waals surface area contributed by atoms with Crippen LogP contribution in [0.1, 0.15) is 30.6 Å². The minimum atomic E-state index is -0.805. The summed E-state index contributed by atoms with van der Waals surface area (Å²) in [7, 11) is 4.61. The summed E-state index contributed by atoms with van der Waals surface area (Å²) in [4.78, 5) is 36.5. The molecule has 1 aromatic rings. The van der Waals surface area contributed by atoms with Crippen molar-refractivity contribution < 1.29 is 19.2 Å². The molecule has 1 aromatic carbocycles. The zero-order chi connectivity index (χ0) is 18.4. The molecule has 0 aliphatic carbocycles. The van der Waals surface area contributed by atoms with Crippen molar-refractivity contribution in [1.82, 2.24) is 5.32 Å². The van der Waals surface area contributed by atoms with E-state index in [1.54, 1.807) is 19.0 Å². The van der Waals surface area contributed by atoms with Gasteiger partial charge < -0.3 is 15.0 Å². The Labute approximate surface area is 140 Å². The molecular weight excluding hydrogens is 314 g/mol. The largest absolute Gasteiger partial charge is 0.467 e. The predicted molar refractivity (Wildman–Crippen MR) is 90.1 cm³/mol. The number of methoxy groups -OCH3 is 1. The standard InChI is InChI=1S/C16H23N3O5/c1-6-10(2)14(16(21)24-5)17-15(20)11-7-8-12(18(3)4)13(9-11)19(22)23/h7-10,14H,6H2,1-5H3,(H,17,20)/t10-,14-/m0/s1. The quantitative estimate of drug-likeness (QED) is 0.464. The fourth-order valence-corrected chi connectivity index (χ4v) is 2.21. The van der Waals surface area contributed by atoms with Crippen LogP contribution in [0.3, 0.4) is 0 Å². The summed E-state index contributed by atoms with van der Waals surface area (Å²) in [5, 5.41) is 13.8. The second-order valence-corrected chi connectivity index (χ2v) is 5.71. The lowest BCUT2D eigenvalue weighted by Gasteiger charge is -2.22. The van der Waals surface area contributed by atoms with Gasteiger partial charge in [0.15, 0.2) is 0 Å². The van der Waals surface area contributed by atoms with Crippen LogP contribution in [0.4, 0.5) is 11.4 Å². The normalized spacial score (nSPS) is 12.9. The average molecular weight is 337 g/mol. The fraction of sp³-hybridized carbons (Fsp3) is 0.500. The first kappa shape index (κ1) is 19.4. The molecular formula is C16H23N3O5. The number of nitrogens with one attached hydrogen (secondary N) is 1. The Kier molecular flexibility index (Phi) is 6.69. The maximum Gasteiger partial charge on any atom is 0.328 e. The van der Waals surface area contributed by atoms with E-state index < -0.39 is 22.8 Å². The molecule has 1 N–H and O–H groups in total. The molecule has 0 radical (unpaired) electrons. The van der Waals surface area contributed by atoms with Crippen molar-refractivity contribution in [2.45, 2.75) is 26.3 Å². The van der Waals surface area contributed by atoms with E-state index in [9.17, 15) is 19.7 Å². The number of ether oxygens (including phenoxy) is 1. The Bertz CT molecular complexity index is 630. The summed E-state index contributed by atoms with van der Waals surface area (Å²) in [6.07, 6.45) is 0.666. The average Bonchev–Trinajstić information content (AvgIpc) is 2.57. The molecule has 0 saturated heterocycles. The molecule has 8 nitrogen and oxygen atoms in total. The van der Waals surface area contributed by atoms with Crippen molar-refractivity contribution in [3.05, 3.63) is 33.9 Å². The van der Waals surface area contributed by atoms with E-state index in [-0.39, 0.29) is 17.2 Å². The van der Waals surface area contributed by atoms with Gasteiger partial charge in [-0.1, -0.05) is 20.3 Å². The van der Waals surface area contributed by atoms with Crippen LogP contribution in [0.15, 0.2) is 18.2 Å². The van der Waals surface area contributed by atoms with Crippen molar-refractivity contribution in [2.24, 2.45) is 5.92 Å². The van der Waals surface area contributed by atoms with Crippen LogP contribution in [0.5, 0.6) is 0 Å². The van der Waals surface area contributed by atoms with Crippen LogP contribution in [-0.4, -0.2) is 44.0 Å². The van der Waals surface area contributed by atoms with Gasteiger partial charge in [0.25, 0.3) is 11.6 Å². The SMILES string of the molecule is CC[C@H](C)[C@H](NC(=O)c1ccc(N(C)C)c([N+](=O)[O-])c1)C(=O)OC. The summed E-state index contributed by atoms with van der Waals surface area (Å²) in [6.45, 7) is 3.71. The van der Waals surface area contributed by atoms with E-state index in [2.05, 4.69) is 5.32 Å². The third-order valence-electron chi connectivity index (χ3n) is 3.87. The first-order valence-electron chi connectivity index (χ1n) is 7.57. The first-order chi connectivity index (χ1) is 11.2. The number of rotatable bonds is 7. The van der Waals surface area contributed by atoms with E-state index >= 15 is 0 Å². The highest BCUT2D eigenvalue weighted by Crippen LogP contribution is 2.27. The molecule has 0 aliphatic heterocycles. The van der Waals surface area contributed by atoms with Crippen molar-refractivity contribution in [2.75, 3.05) is 26.1 Å². The molecule has 0 aliphatic rings. The Morgan fingerprint density at radius 3 is 2.46 bits per heavy atom. The third kappa shape index (κ3) is 4.43. The molecule has 132 valence electrons. The monoisotopic (exact) mass is 337 g/mol. The smallest absolute Gasteiger partial charge is 0.328 e. The van der Waals surface area contributed by atoms with Crippen molar-refractivity contribution >= 4 is 23.3 Å². The molecule has 0 spiro atoms. The van der Waals surface area contributed by atoms with Gasteiger partial charge in [-0.2, -0.15) is 0 Å². The van der Waals surface area contributed by atoms with Gasteiger partial charge in [-0.15, -0.1) is 0 Å². The van der Waals surface area contributed by atoms with Crippen molar-refractivity contribution in [3.8, 4) is 0 Å². The lowest BCUT2D eigenvalue weighted by atomic mass is 9.98. The summed E-state index contributed by atoms with van der Waals surface area (Å²) in [6, 6.07) is 3.39. The Hall–Kier alpha value is -2.64. The summed E-state index contributed by atoms with van der Waals surface area (Å²) in [5.41, 5.74) is 0.332. The number of anilines is 1. The highest BCUT2D eigenvalue weighted by atomic mass is 16.6. The molecule has 0 bridgehead atoms. The molecule has 24 heavy (non-hydrogen) atoms. The van der Waals surface area contributed by atoms with Crippen LogP contribution in [0.25, 0.3) is 0 Å². The molecule has 8 heteroatoms. The lowest BCUT2D eigenvalue weighted by Crippen LogP contribution is -2.45.